The molecule has 24 heavy (non-hydrogen) atoms. The Hall–Kier alpha value is -2.29. The number of nitrogens with zero attached hydrogens (tertiary/aromatic N) is 4. The number of tetrazole rings is 1. The van der Waals surface area contributed by atoms with E-state index in [2.05, 4.69) is 20.8 Å². The number of benzene rings is 1. The van der Waals surface area contributed by atoms with Crippen LogP contribution in [0, 0.1) is 0 Å². The van der Waals surface area contributed by atoms with Crippen LogP contribution < -0.4 is 14.8 Å². The molecule has 9 heteroatoms. The van der Waals surface area contributed by atoms with Crippen LogP contribution in [0.3, 0.4) is 0 Å². The van der Waals surface area contributed by atoms with E-state index in [1.54, 1.807) is 37.1 Å². The lowest BCUT2D eigenvalue weighted by atomic mass is 10.2. The number of nitrogens with one attached hydrogen (secondary N) is 1. The second kappa shape index (κ2) is 7.08. The number of carbonyl (C=O) groups excluding carboxylic acids is 1. The quantitative estimate of drug-likeness (QED) is 0.766. The summed E-state index contributed by atoms with van der Waals surface area (Å²) in [6.45, 7) is 1.82. The molecule has 1 N–H and O–H groups in total. The Labute approximate surface area is 143 Å². The molecule has 1 fully saturated rings. The molecule has 1 amide bonds. The van der Waals surface area contributed by atoms with Crippen molar-refractivity contribution in [2.24, 2.45) is 0 Å². The second-order valence-electron chi connectivity index (χ2n) is 5.45. The number of hydrogen-bond donors (Lipinski definition) is 1. The van der Waals surface area contributed by atoms with Gasteiger partial charge in [-0.05, 0) is 42.3 Å². The third-order valence-electron chi connectivity index (χ3n) is 3.67. The molecular formula is C15H19N5O3S. The van der Waals surface area contributed by atoms with Crippen molar-refractivity contribution in [1.29, 1.82) is 0 Å². The summed E-state index contributed by atoms with van der Waals surface area (Å²) < 4.78 is 12.3. The maximum atomic E-state index is 12.5. The van der Waals surface area contributed by atoms with Gasteiger partial charge in [0, 0.05) is 6.07 Å². The number of amides is 1. The third kappa shape index (κ3) is 3.61. The Balaban J connectivity index is 1.68. The smallest absolute Gasteiger partial charge is 0.237 e. The number of methoxy groups -OCH3 is 2. The van der Waals surface area contributed by atoms with Gasteiger partial charge in [-0.3, -0.25) is 4.79 Å². The van der Waals surface area contributed by atoms with Crippen molar-refractivity contribution >= 4 is 23.4 Å². The predicted octanol–water partition coefficient (Wildman–Crippen LogP) is 2.14. The highest BCUT2D eigenvalue weighted by molar-refractivity contribution is 8.00. The van der Waals surface area contributed by atoms with Crippen LogP contribution in [-0.4, -0.2) is 45.6 Å². The minimum absolute atomic E-state index is 0.156. The van der Waals surface area contributed by atoms with Gasteiger partial charge in [0.1, 0.15) is 11.5 Å². The summed E-state index contributed by atoms with van der Waals surface area (Å²) in [5.41, 5.74) is 0.566. The topological polar surface area (TPSA) is 91.2 Å². The zero-order valence-corrected chi connectivity index (χ0v) is 14.5. The van der Waals surface area contributed by atoms with Crippen molar-refractivity contribution < 1.29 is 14.3 Å². The fourth-order valence-electron chi connectivity index (χ4n) is 2.17. The summed E-state index contributed by atoms with van der Waals surface area (Å²) in [4.78, 5) is 12.5. The number of anilines is 1. The van der Waals surface area contributed by atoms with Gasteiger partial charge in [-0.2, -0.15) is 0 Å². The van der Waals surface area contributed by atoms with Crippen molar-refractivity contribution in [2.45, 2.75) is 36.2 Å². The second-order valence-corrected chi connectivity index (χ2v) is 6.76. The van der Waals surface area contributed by atoms with Crippen molar-refractivity contribution in [3.05, 3.63) is 18.2 Å². The Kier molecular flexibility index (Phi) is 4.89. The van der Waals surface area contributed by atoms with Gasteiger partial charge in [0.25, 0.3) is 0 Å². The molecule has 128 valence electrons. The summed E-state index contributed by atoms with van der Waals surface area (Å²) >= 11 is 1.34. The minimum Gasteiger partial charge on any atom is -0.497 e. The molecule has 1 aromatic carbocycles. The fraction of sp³-hybridized carbons (Fsp3) is 0.467. The van der Waals surface area contributed by atoms with E-state index < -0.39 is 0 Å². The number of rotatable bonds is 7. The number of aromatic nitrogens is 4. The molecule has 1 aromatic heterocycles. The lowest BCUT2D eigenvalue weighted by molar-refractivity contribution is -0.115. The molecule has 1 heterocycles. The zero-order valence-electron chi connectivity index (χ0n) is 13.7. The molecule has 8 nitrogen and oxygen atoms in total. The molecule has 1 saturated carbocycles. The first-order chi connectivity index (χ1) is 11.6. The van der Waals surface area contributed by atoms with E-state index in [4.69, 9.17) is 9.47 Å². The third-order valence-corrected chi connectivity index (χ3v) is 4.72. The van der Waals surface area contributed by atoms with Crippen LogP contribution in [0.1, 0.15) is 25.8 Å². The van der Waals surface area contributed by atoms with Gasteiger partial charge in [-0.25, -0.2) is 4.68 Å². The molecular weight excluding hydrogens is 330 g/mol. The minimum atomic E-state index is -0.357. The van der Waals surface area contributed by atoms with E-state index in [1.165, 1.54) is 11.8 Å². The van der Waals surface area contributed by atoms with Crippen LogP contribution in [0.2, 0.25) is 0 Å². The highest BCUT2D eigenvalue weighted by Crippen LogP contribution is 2.37. The highest BCUT2D eigenvalue weighted by atomic mass is 32.2. The molecule has 0 saturated heterocycles. The largest absolute Gasteiger partial charge is 0.497 e. The summed E-state index contributed by atoms with van der Waals surface area (Å²) in [5.74, 6) is 1.06. The van der Waals surface area contributed by atoms with Crippen LogP contribution in [0.5, 0.6) is 11.5 Å². The summed E-state index contributed by atoms with van der Waals surface area (Å²) in [5, 5.41) is 14.9. The normalized spacial score (nSPS) is 15.0. The molecule has 3 rings (SSSR count). The Morgan fingerprint density at radius 1 is 1.38 bits per heavy atom. The standard InChI is InChI=1S/C15H19N5O3S/c1-9(24-15-17-18-19-20(15)10-4-5-10)14(21)16-12-8-11(22-2)6-7-13(12)23-3/h6-10H,4-5H2,1-3H3,(H,16,21). The van der Waals surface area contributed by atoms with Crippen LogP contribution in [0.15, 0.2) is 23.4 Å². The SMILES string of the molecule is COc1ccc(OC)c(NC(=O)C(C)Sc2nnnn2C2CC2)c1. The number of ether oxygens (including phenoxy) is 2. The van der Waals surface area contributed by atoms with Gasteiger partial charge in [0.15, 0.2) is 0 Å². The number of hydrogen-bond acceptors (Lipinski definition) is 7. The summed E-state index contributed by atoms with van der Waals surface area (Å²) in [7, 11) is 3.13. The first kappa shape index (κ1) is 16.6. The van der Waals surface area contributed by atoms with Gasteiger partial charge < -0.3 is 14.8 Å². The van der Waals surface area contributed by atoms with Gasteiger partial charge in [0.2, 0.25) is 11.1 Å². The van der Waals surface area contributed by atoms with Gasteiger partial charge in [-0.1, -0.05) is 11.8 Å². The van der Waals surface area contributed by atoms with Crippen LogP contribution >= 0.6 is 11.8 Å². The molecule has 1 atom stereocenters. The average Bonchev–Trinajstić information content (AvgIpc) is 3.34. The van der Waals surface area contributed by atoms with E-state index in [0.717, 1.165) is 12.8 Å². The van der Waals surface area contributed by atoms with Crippen LogP contribution in [0.25, 0.3) is 0 Å². The average molecular weight is 349 g/mol. The Morgan fingerprint density at radius 3 is 2.83 bits per heavy atom. The van der Waals surface area contributed by atoms with Crippen LogP contribution in [0.4, 0.5) is 5.69 Å². The zero-order chi connectivity index (χ0) is 17.1. The maximum absolute atomic E-state index is 12.5. The molecule has 0 spiro atoms. The summed E-state index contributed by atoms with van der Waals surface area (Å²) in [6, 6.07) is 5.62. The molecule has 0 radical (unpaired) electrons. The van der Waals surface area contributed by atoms with E-state index in [-0.39, 0.29) is 11.2 Å². The van der Waals surface area contributed by atoms with Crippen molar-refractivity contribution in [3.8, 4) is 11.5 Å². The predicted molar refractivity (Wildman–Crippen MR) is 89.6 cm³/mol. The van der Waals surface area contributed by atoms with E-state index >= 15 is 0 Å². The van der Waals surface area contributed by atoms with Gasteiger partial charge >= 0.3 is 0 Å². The molecule has 1 aliphatic rings. The molecule has 0 bridgehead atoms. The van der Waals surface area contributed by atoms with E-state index in [9.17, 15) is 4.79 Å². The molecule has 2 aromatic rings. The Morgan fingerprint density at radius 2 is 2.17 bits per heavy atom. The first-order valence-electron chi connectivity index (χ1n) is 7.59. The maximum Gasteiger partial charge on any atom is 0.237 e. The molecule has 1 aliphatic carbocycles. The number of thioether (sulfide) groups is 1. The molecule has 0 aliphatic heterocycles. The van der Waals surface area contributed by atoms with Crippen molar-refractivity contribution in [3.63, 3.8) is 0 Å². The number of carbonyl (C=O) groups is 1. The van der Waals surface area contributed by atoms with Gasteiger partial charge in [0.05, 0.1) is 31.2 Å². The monoisotopic (exact) mass is 349 g/mol. The van der Waals surface area contributed by atoms with Gasteiger partial charge in [-0.15, -0.1) is 5.10 Å². The fourth-order valence-corrected chi connectivity index (χ4v) is 3.03. The lowest BCUT2D eigenvalue weighted by Crippen LogP contribution is -2.23. The highest BCUT2D eigenvalue weighted by Gasteiger charge is 2.29. The summed E-state index contributed by atoms with van der Waals surface area (Å²) in [6.07, 6.45) is 2.17. The van der Waals surface area contributed by atoms with Crippen molar-refractivity contribution in [1.82, 2.24) is 20.2 Å². The van der Waals surface area contributed by atoms with Crippen LogP contribution in [-0.2, 0) is 4.79 Å². The van der Waals surface area contributed by atoms with E-state index in [1.807, 2.05) is 6.92 Å². The molecule has 1 unspecified atom stereocenters. The first-order valence-corrected chi connectivity index (χ1v) is 8.47. The van der Waals surface area contributed by atoms with E-state index in [0.29, 0.717) is 28.4 Å². The lowest BCUT2D eigenvalue weighted by Gasteiger charge is -2.14. The Bertz CT molecular complexity index is 732. The van der Waals surface area contributed by atoms with Crippen molar-refractivity contribution in [2.75, 3.05) is 19.5 Å².